The summed E-state index contributed by atoms with van der Waals surface area (Å²) in [6, 6.07) is -0.0290. The number of aliphatic hydroxyl groups excluding tert-OH is 1. The van der Waals surface area contributed by atoms with Crippen molar-refractivity contribution in [2.75, 3.05) is 20.1 Å². The monoisotopic (exact) mass is 452 g/mol. The van der Waals surface area contributed by atoms with E-state index in [4.69, 9.17) is 5.73 Å². The standard InChI is InChI=1S/C30H48N2O/c1-19(6-7-21-14-17-32(5)18-20(21)2)23-10-11-24-22-8-9-26-28(33)27(31)13-16-30(26,4)25(22)12-15-29(23,24)3/h6-8,19,23-28,33H,9-18,31H2,1-5H3. The lowest BCUT2D eigenvalue weighted by Gasteiger charge is -2.59. The molecule has 0 saturated heterocycles. The van der Waals surface area contributed by atoms with Crippen LogP contribution in [0.5, 0.6) is 0 Å². The van der Waals surface area contributed by atoms with Crippen molar-refractivity contribution >= 4 is 0 Å². The average Bonchev–Trinajstić information content (AvgIpc) is 3.13. The summed E-state index contributed by atoms with van der Waals surface area (Å²) in [4.78, 5) is 2.43. The van der Waals surface area contributed by atoms with E-state index in [0.717, 1.165) is 31.2 Å². The van der Waals surface area contributed by atoms with Crippen LogP contribution in [0.1, 0.15) is 79.1 Å². The molecule has 0 bridgehead atoms. The van der Waals surface area contributed by atoms with Gasteiger partial charge in [-0.05, 0) is 111 Å². The van der Waals surface area contributed by atoms with Crippen molar-refractivity contribution < 1.29 is 5.11 Å². The van der Waals surface area contributed by atoms with Gasteiger partial charge >= 0.3 is 0 Å². The van der Waals surface area contributed by atoms with E-state index in [9.17, 15) is 5.11 Å². The molecule has 184 valence electrons. The molecule has 3 fully saturated rings. The number of aliphatic hydroxyl groups is 1. The maximum absolute atomic E-state index is 10.9. The first kappa shape index (κ1) is 23.8. The van der Waals surface area contributed by atoms with E-state index in [0.29, 0.717) is 23.2 Å². The van der Waals surface area contributed by atoms with Gasteiger partial charge in [-0.1, -0.05) is 50.1 Å². The van der Waals surface area contributed by atoms with Crippen molar-refractivity contribution in [3.63, 3.8) is 0 Å². The summed E-state index contributed by atoms with van der Waals surface area (Å²) in [5.41, 5.74) is 11.8. The van der Waals surface area contributed by atoms with Crippen LogP contribution in [0, 0.1) is 40.4 Å². The van der Waals surface area contributed by atoms with Crippen LogP contribution in [0.3, 0.4) is 0 Å². The fourth-order valence-electron chi connectivity index (χ4n) is 9.26. The molecule has 3 N–H and O–H groups in total. The van der Waals surface area contributed by atoms with Gasteiger partial charge in [-0.3, -0.25) is 0 Å². The first-order valence-corrected chi connectivity index (χ1v) is 13.8. The van der Waals surface area contributed by atoms with Gasteiger partial charge in [0.05, 0.1) is 6.10 Å². The van der Waals surface area contributed by atoms with Gasteiger partial charge in [0.1, 0.15) is 0 Å². The Kier molecular flexibility index (Phi) is 6.24. The quantitative estimate of drug-likeness (QED) is 0.539. The fraction of sp³-hybridized carbons (Fsp3) is 0.800. The lowest BCUT2D eigenvalue weighted by molar-refractivity contribution is -0.0765. The summed E-state index contributed by atoms with van der Waals surface area (Å²) in [6.45, 7) is 12.2. The number of nitrogens with two attached hydrogens (primary N) is 1. The van der Waals surface area contributed by atoms with Crippen LogP contribution >= 0.6 is 0 Å². The topological polar surface area (TPSA) is 49.5 Å². The first-order valence-electron chi connectivity index (χ1n) is 13.8. The van der Waals surface area contributed by atoms with E-state index in [2.05, 4.69) is 57.9 Å². The molecule has 0 aromatic heterocycles. The lowest BCUT2D eigenvalue weighted by atomic mass is 9.47. The van der Waals surface area contributed by atoms with Gasteiger partial charge in [-0.15, -0.1) is 0 Å². The molecule has 5 aliphatic rings. The Morgan fingerprint density at radius 1 is 1.12 bits per heavy atom. The Labute approximate surface area is 202 Å². The van der Waals surface area contributed by atoms with Crippen molar-refractivity contribution in [3.05, 3.63) is 34.9 Å². The van der Waals surface area contributed by atoms with Gasteiger partial charge in [-0.25, -0.2) is 0 Å². The maximum atomic E-state index is 10.9. The van der Waals surface area contributed by atoms with Gasteiger partial charge in [0.2, 0.25) is 0 Å². The molecular formula is C30H48N2O. The molecule has 0 aromatic rings. The second kappa shape index (κ2) is 8.64. The molecule has 3 saturated carbocycles. The van der Waals surface area contributed by atoms with E-state index >= 15 is 0 Å². The second-order valence-corrected chi connectivity index (χ2v) is 13.1. The summed E-state index contributed by atoms with van der Waals surface area (Å²) in [7, 11) is 2.23. The largest absolute Gasteiger partial charge is 0.391 e. The molecule has 3 heteroatoms. The second-order valence-electron chi connectivity index (χ2n) is 13.1. The Morgan fingerprint density at radius 3 is 2.61 bits per heavy atom. The van der Waals surface area contributed by atoms with E-state index in [-0.39, 0.29) is 17.6 Å². The number of rotatable bonds is 3. The Morgan fingerprint density at radius 2 is 1.85 bits per heavy atom. The average molecular weight is 453 g/mol. The van der Waals surface area contributed by atoms with Crippen LogP contribution < -0.4 is 5.73 Å². The number of fused-ring (bicyclic) bond motifs is 5. The van der Waals surface area contributed by atoms with E-state index in [1.54, 1.807) is 16.7 Å². The minimum absolute atomic E-state index is 0.0290. The molecule has 9 atom stereocenters. The van der Waals surface area contributed by atoms with Crippen molar-refractivity contribution in [3.8, 4) is 0 Å². The van der Waals surface area contributed by atoms with Gasteiger partial charge in [0.15, 0.2) is 0 Å². The van der Waals surface area contributed by atoms with E-state index in [1.165, 1.54) is 45.1 Å². The molecular weight excluding hydrogens is 404 g/mol. The number of hydrogen-bond donors (Lipinski definition) is 2. The van der Waals surface area contributed by atoms with E-state index < -0.39 is 0 Å². The molecule has 1 heterocycles. The van der Waals surface area contributed by atoms with Crippen LogP contribution in [-0.2, 0) is 0 Å². The third kappa shape index (κ3) is 3.81. The van der Waals surface area contributed by atoms with Crippen LogP contribution in [0.2, 0.25) is 0 Å². The van der Waals surface area contributed by atoms with Gasteiger partial charge in [0, 0.05) is 19.1 Å². The molecule has 0 spiro atoms. The van der Waals surface area contributed by atoms with Crippen molar-refractivity contribution in [1.82, 2.24) is 4.90 Å². The third-order valence-corrected chi connectivity index (χ3v) is 11.4. The molecule has 0 radical (unpaired) electrons. The zero-order valence-corrected chi connectivity index (χ0v) is 21.8. The van der Waals surface area contributed by atoms with Crippen molar-refractivity contribution in [1.29, 1.82) is 0 Å². The third-order valence-electron chi connectivity index (χ3n) is 11.4. The SMILES string of the molecule is CC1=C(C=CC(C)C2CCC3C4=CCC5C(O)C(N)CCC5(C)C4CCC32C)CCN(C)C1. The molecule has 3 nitrogen and oxygen atoms in total. The summed E-state index contributed by atoms with van der Waals surface area (Å²) < 4.78 is 0. The molecule has 1 aliphatic heterocycles. The fourth-order valence-corrected chi connectivity index (χ4v) is 9.26. The predicted octanol–water partition coefficient (Wildman–Crippen LogP) is 5.71. The smallest absolute Gasteiger partial charge is 0.0727 e. The zero-order valence-electron chi connectivity index (χ0n) is 21.8. The number of nitrogens with zero attached hydrogens (tertiary/aromatic N) is 1. The van der Waals surface area contributed by atoms with Crippen molar-refractivity contribution in [2.45, 2.75) is 91.2 Å². The van der Waals surface area contributed by atoms with Gasteiger partial charge in [-0.2, -0.15) is 0 Å². The molecule has 33 heavy (non-hydrogen) atoms. The normalized spacial score (nSPS) is 47.2. The summed E-state index contributed by atoms with van der Waals surface area (Å²) in [6.07, 6.45) is 17.1. The molecule has 9 unspecified atom stereocenters. The summed E-state index contributed by atoms with van der Waals surface area (Å²) >= 11 is 0. The highest BCUT2D eigenvalue weighted by molar-refractivity contribution is 5.30. The van der Waals surface area contributed by atoms with Gasteiger partial charge in [0.25, 0.3) is 0 Å². The summed E-state index contributed by atoms with van der Waals surface area (Å²) in [5, 5.41) is 10.9. The van der Waals surface area contributed by atoms with Crippen molar-refractivity contribution in [2.24, 2.45) is 46.2 Å². The highest BCUT2D eigenvalue weighted by Gasteiger charge is 2.59. The van der Waals surface area contributed by atoms with Gasteiger partial charge < -0.3 is 15.7 Å². The predicted molar refractivity (Wildman–Crippen MR) is 138 cm³/mol. The van der Waals surface area contributed by atoms with Crippen LogP contribution in [-0.4, -0.2) is 42.3 Å². The molecule has 0 aromatic carbocycles. The minimum atomic E-state index is -0.325. The molecule has 4 aliphatic carbocycles. The highest BCUT2D eigenvalue weighted by atomic mass is 16.3. The minimum Gasteiger partial charge on any atom is -0.391 e. The number of allylic oxidation sites excluding steroid dienone is 4. The Balaban J connectivity index is 1.35. The summed E-state index contributed by atoms with van der Waals surface area (Å²) in [5.74, 6) is 3.17. The van der Waals surface area contributed by atoms with Crippen LogP contribution in [0.15, 0.2) is 34.9 Å². The Hall–Kier alpha value is -0.900. The van der Waals surface area contributed by atoms with E-state index in [1.807, 2.05) is 0 Å². The Bertz CT molecular complexity index is 857. The highest BCUT2D eigenvalue weighted by Crippen LogP contribution is 2.66. The molecule has 0 amide bonds. The van der Waals surface area contributed by atoms with Crippen LogP contribution in [0.25, 0.3) is 0 Å². The number of likely N-dealkylation sites (N-methyl/N-ethyl adjacent to an activating group) is 1. The number of hydrogen-bond acceptors (Lipinski definition) is 3. The molecule has 5 rings (SSSR count). The van der Waals surface area contributed by atoms with Crippen LogP contribution in [0.4, 0.5) is 0 Å². The maximum Gasteiger partial charge on any atom is 0.0727 e. The zero-order chi connectivity index (χ0) is 23.5. The first-order chi connectivity index (χ1) is 15.6. The lowest BCUT2D eigenvalue weighted by Crippen LogP contribution is -2.57.